The molecule has 2 aromatic carbocycles. The molecule has 0 bridgehead atoms. The van der Waals surface area contributed by atoms with E-state index in [4.69, 9.17) is 11.6 Å². The first kappa shape index (κ1) is 19.4. The number of benzene rings is 2. The number of carbonyl (C=O) groups is 2. The van der Waals surface area contributed by atoms with Gasteiger partial charge in [-0.1, -0.05) is 23.7 Å². The number of rotatable bonds is 5. The van der Waals surface area contributed by atoms with Gasteiger partial charge in [-0.05, 0) is 54.1 Å². The summed E-state index contributed by atoms with van der Waals surface area (Å²) < 4.78 is 1.47. The largest absolute Gasteiger partial charge is 0.326 e. The van der Waals surface area contributed by atoms with E-state index < -0.39 is 5.91 Å². The summed E-state index contributed by atoms with van der Waals surface area (Å²) in [5.41, 5.74) is 1.70. The Bertz CT molecular complexity index is 1060. The molecule has 7 heteroatoms. The molecule has 6 nitrogen and oxygen atoms in total. The predicted octanol–water partition coefficient (Wildman–Crippen LogP) is 3.76. The maximum atomic E-state index is 12.7. The van der Waals surface area contributed by atoms with E-state index in [1.165, 1.54) is 17.6 Å². The van der Waals surface area contributed by atoms with Crippen molar-refractivity contribution in [2.45, 2.75) is 13.5 Å². The van der Waals surface area contributed by atoms with E-state index in [2.05, 4.69) is 10.6 Å². The predicted molar refractivity (Wildman–Crippen MR) is 110 cm³/mol. The summed E-state index contributed by atoms with van der Waals surface area (Å²) in [6.45, 7) is 1.75. The molecular formula is C21H18ClN3O3. The van der Waals surface area contributed by atoms with Crippen LogP contribution in [0.3, 0.4) is 0 Å². The van der Waals surface area contributed by atoms with Crippen molar-refractivity contribution >= 4 is 34.8 Å². The summed E-state index contributed by atoms with van der Waals surface area (Å²) in [6.07, 6.45) is 1.63. The zero-order valence-electron chi connectivity index (χ0n) is 15.1. The van der Waals surface area contributed by atoms with Crippen molar-refractivity contribution in [1.29, 1.82) is 0 Å². The average Bonchev–Trinajstić information content (AvgIpc) is 2.66. The number of anilines is 2. The molecule has 2 amide bonds. The van der Waals surface area contributed by atoms with Crippen LogP contribution in [0.25, 0.3) is 0 Å². The molecule has 0 fully saturated rings. The second-order valence-corrected chi connectivity index (χ2v) is 6.63. The highest BCUT2D eigenvalue weighted by atomic mass is 35.5. The van der Waals surface area contributed by atoms with E-state index in [1.54, 1.807) is 48.7 Å². The lowest BCUT2D eigenvalue weighted by Gasteiger charge is -2.10. The molecule has 0 radical (unpaired) electrons. The summed E-state index contributed by atoms with van der Waals surface area (Å²) in [7, 11) is 0. The average molecular weight is 396 g/mol. The van der Waals surface area contributed by atoms with E-state index >= 15 is 0 Å². The van der Waals surface area contributed by atoms with Crippen LogP contribution >= 0.6 is 11.6 Å². The number of nitrogens with one attached hydrogen (secondary N) is 2. The Kier molecular flexibility index (Phi) is 5.91. The number of amides is 2. The Morgan fingerprint density at radius 3 is 2.14 bits per heavy atom. The van der Waals surface area contributed by atoms with Crippen LogP contribution in [0.5, 0.6) is 0 Å². The van der Waals surface area contributed by atoms with Crippen LogP contribution in [0.15, 0.2) is 71.7 Å². The highest BCUT2D eigenvalue weighted by Crippen LogP contribution is 2.14. The fraction of sp³-hybridized carbons (Fsp3) is 0.0952. The molecule has 0 unspecified atom stereocenters. The third-order valence-electron chi connectivity index (χ3n) is 3.99. The highest BCUT2D eigenvalue weighted by molar-refractivity contribution is 6.30. The van der Waals surface area contributed by atoms with Crippen LogP contribution in [0.1, 0.15) is 22.8 Å². The second kappa shape index (κ2) is 8.54. The van der Waals surface area contributed by atoms with Gasteiger partial charge in [0.1, 0.15) is 5.56 Å². The van der Waals surface area contributed by atoms with Gasteiger partial charge in [-0.2, -0.15) is 0 Å². The SMILES string of the molecule is CC(=O)Nc1ccc(NC(=O)c2cccn(Cc3ccc(Cl)cc3)c2=O)cc1. The quantitative estimate of drug-likeness (QED) is 0.690. The molecular weight excluding hydrogens is 378 g/mol. The van der Waals surface area contributed by atoms with Crippen molar-refractivity contribution in [3.8, 4) is 0 Å². The van der Waals surface area contributed by atoms with Gasteiger partial charge in [-0.15, -0.1) is 0 Å². The minimum atomic E-state index is -0.497. The van der Waals surface area contributed by atoms with Gasteiger partial charge in [0.15, 0.2) is 0 Å². The van der Waals surface area contributed by atoms with Gasteiger partial charge in [0.2, 0.25) is 5.91 Å². The first-order valence-corrected chi connectivity index (χ1v) is 8.93. The Balaban J connectivity index is 1.76. The smallest absolute Gasteiger partial charge is 0.263 e. The van der Waals surface area contributed by atoms with Gasteiger partial charge in [0, 0.05) is 29.5 Å². The summed E-state index contributed by atoms with van der Waals surface area (Å²) >= 11 is 5.88. The first-order chi connectivity index (χ1) is 13.4. The fourth-order valence-corrected chi connectivity index (χ4v) is 2.79. The second-order valence-electron chi connectivity index (χ2n) is 6.19. The summed E-state index contributed by atoms with van der Waals surface area (Å²) in [5, 5.41) is 5.96. The molecule has 2 N–H and O–H groups in total. The van der Waals surface area contributed by atoms with Gasteiger partial charge in [0.25, 0.3) is 11.5 Å². The number of aromatic nitrogens is 1. The summed E-state index contributed by atoms with van der Waals surface area (Å²) in [6, 6.07) is 17.0. The minimum absolute atomic E-state index is 0.0439. The lowest BCUT2D eigenvalue weighted by atomic mass is 10.2. The number of hydrogen-bond donors (Lipinski definition) is 2. The number of pyridine rings is 1. The Morgan fingerprint density at radius 2 is 1.54 bits per heavy atom. The molecule has 0 aliphatic carbocycles. The molecule has 0 atom stereocenters. The van der Waals surface area contributed by atoms with Crippen LogP contribution in [0.2, 0.25) is 5.02 Å². The maximum Gasteiger partial charge on any atom is 0.263 e. The Hall–Kier alpha value is -3.38. The van der Waals surface area contributed by atoms with Gasteiger partial charge >= 0.3 is 0 Å². The highest BCUT2D eigenvalue weighted by Gasteiger charge is 2.13. The zero-order valence-corrected chi connectivity index (χ0v) is 15.9. The minimum Gasteiger partial charge on any atom is -0.326 e. The van der Waals surface area contributed by atoms with Crippen LogP contribution in [-0.4, -0.2) is 16.4 Å². The van der Waals surface area contributed by atoms with Crippen LogP contribution < -0.4 is 16.2 Å². The topological polar surface area (TPSA) is 80.2 Å². The van der Waals surface area contributed by atoms with Crippen molar-refractivity contribution in [3.05, 3.63) is 93.4 Å². The number of carbonyl (C=O) groups excluding carboxylic acids is 2. The van der Waals surface area contributed by atoms with Crippen molar-refractivity contribution in [1.82, 2.24) is 4.57 Å². The van der Waals surface area contributed by atoms with Crippen molar-refractivity contribution < 1.29 is 9.59 Å². The lowest BCUT2D eigenvalue weighted by Crippen LogP contribution is -2.29. The normalized spacial score (nSPS) is 10.4. The molecule has 0 spiro atoms. The number of halogens is 1. The van der Waals surface area contributed by atoms with Gasteiger partial charge in [-0.3, -0.25) is 14.4 Å². The summed E-state index contributed by atoms with van der Waals surface area (Å²) in [5.74, 6) is -0.676. The molecule has 1 aromatic heterocycles. The molecule has 28 heavy (non-hydrogen) atoms. The van der Waals surface area contributed by atoms with Crippen molar-refractivity contribution in [2.75, 3.05) is 10.6 Å². The Labute approximate surface area is 166 Å². The summed E-state index contributed by atoms with van der Waals surface area (Å²) in [4.78, 5) is 36.3. The van der Waals surface area contributed by atoms with E-state index in [0.29, 0.717) is 22.9 Å². The van der Waals surface area contributed by atoms with Crippen LogP contribution in [0.4, 0.5) is 11.4 Å². The van der Waals surface area contributed by atoms with E-state index in [1.807, 2.05) is 12.1 Å². The number of nitrogens with zero attached hydrogens (tertiary/aromatic N) is 1. The molecule has 0 saturated carbocycles. The van der Waals surface area contributed by atoms with Gasteiger partial charge in [0.05, 0.1) is 6.54 Å². The molecule has 0 aliphatic rings. The van der Waals surface area contributed by atoms with E-state index in [9.17, 15) is 14.4 Å². The zero-order chi connectivity index (χ0) is 20.1. The fourth-order valence-electron chi connectivity index (χ4n) is 2.66. The standard InChI is InChI=1S/C21H18ClN3O3/c1-14(26)23-17-8-10-18(11-9-17)24-20(27)19-3-2-12-25(21(19)28)13-15-4-6-16(22)7-5-15/h2-12H,13H2,1H3,(H,23,26)(H,24,27). The maximum absolute atomic E-state index is 12.7. The molecule has 3 aromatic rings. The van der Waals surface area contributed by atoms with Crippen molar-refractivity contribution in [2.24, 2.45) is 0 Å². The molecule has 142 valence electrons. The van der Waals surface area contributed by atoms with Gasteiger partial charge in [-0.25, -0.2) is 0 Å². The molecule has 0 aliphatic heterocycles. The van der Waals surface area contributed by atoms with Crippen molar-refractivity contribution in [3.63, 3.8) is 0 Å². The third-order valence-corrected chi connectivity index (χ3v) is 4.25. The molecule has 0 saturated heterocycles. The Morgan fingerprint density at radius 1 is 0.929 bits per heavy atom. The first-order valence-electron chi connectivity index (χ1n) is 8.55. The van der Waals surface area contributed by atoms with E-state index in [0.717, 1.165) is 5.56 Å². The lowest BCUT2D eigenvalue weighted by molar-refractivity contribution is -0.114. The van der Waals surface area contributed by atoms with Crippen LogP contribution in [0, 0.1) is 0 Å². The number of hydrogen-bond acceptors (Lipinski definition) is 3. The third kappa shape index (κ3) is 4.86. The monoisotopic (exact) mass is 395 g/mol. The molecule has 3 rings (SSSR count). The van der Waals surface area contributed by atoms with E-state index in [-0.39, 0.29) is 17.0 Å². The molecule has 1 heterocycles. The van der Waals surface area contributed by atoms with Gasteiger partial charge < -0.3 is 15.2 Å². The van der Waals surface area contributed by atoms with Crippen LogP contribution in [-0.2, 0) is 11.3 Å².